The van der Waals surface area contributed by atoms with Gasteiger partial charge in [-0.15, -0.1) is 0 Å². The molecule has 0 atom stereocenters. The highest BCUT2D eigenvalue weighted by molar-refractivity contribution is 9.10. The van der Waals surface area contributed by atoms with E-state index in [4.69, 9.17) is 16.3 Å². The molecule has 2 saturated heterocycles. The Morgan fingerprint density at radius 3 is 2.58 bits per heavy atom. The van der Waals surface area contributed by atoms with Crippen molar-refractivity contribution in [1.29, 1.82) is 0 Å². The molecular weight excluding hydrogens is 506 g/mol. The number of benzene rings is 1. The first-order chi connectivity index (χ1) is 16.0. The zero-order valence-electron chi connectivity index (χ0n) is 19.0. The topological polar surface area (TPSA) is 73.4 Å². The van der Waals surface area contributed by atoms with E-state index < -0.39 is 0 Å². The number of piperazine rings is 1. The second-order valence-electron chi connectivity index (χ2n) is 9.01. The average molecular weight is 535 g/mol. The van der Waals surface area contributed by atoms with Crippen molar-refractivity contribution in [3.05, 3.63) is 33.6 Å². The van der Waals surface area contributed by atoms with Crippen LogP contribution < -0.4 is 14.5 Å². The molecule has 0 unspecified atom stereocenters. The molecule has 2 aliphatic heterocycles. The Hall–Kier alpha value is -2.10. The van der Waals surface area contributed by atoms with Gasteiger partial charge in [0.15, 0.2) is 5.65 Å². The van der Waals surface area contributed by atoms with Crippen LogP contribution in [0.1, 0.15) is 18.4 Å². The molecule has 2 fully saturated rings. The first-order valence-corrected chi connectivity index (χ1v) is 12.6. The van der Waals surface area contributed by atoms with Gasteiger partial charge in [0.2, 0.25) is 0 Å². The fraction of sp³-hybridized carbons (Fsp3) is 0.522. The summed E-state index contributed by atoms with van der Waals surface area (Å²) in [6.07, 6.45) is 3.95. The summed E-state index contributed by atoms with van der Waals surface area (Å²) in [6.45, 7) is 8.62. The highest BCUT2D eigenvalue weighted by Gasteiger charge is 2.24. The standard InChI is InChI=1S/C23H29BrClN7O/c1-15-18(11-17(25)12-19(15)33-13-16-3-5-30(2)6-4-16)31-7-9-32(10-8-31)23-20-21(24)28-29-22(20)26-14-27-23/h11-12,14,16H,3-10,13H2,1-2H3,(H,26,27,28,29). The molecule has 5 rings (SSSR count). The van der Waals surface area contributed by atoms with Crippen LogP contribution in [0.15, 0.2) is 23.1 Å². The second-order valence-corrected chi connectivity index (χ2v) is 10.2. The summed E-state index contributed by atoms with van der Waals surface area (Å²) in [5, 5.41) is 8.82. The number of nitrogens with zero attached hydrogens (tertiary/aromatic N) is 6. The van der Waals surface area contributed by atoms with Crippen molar-refractivity contribution >= 4 is 50.1 Å². The Kier molecular flexibility index (Phi) is 6.62. The number of H-pyrrole nitrogens is 1. The van der Waals surface area contributed by atoms with E-state index in [9.17, 15) is 0 Å². The van der Waals surface area contributed by atoms with Gasteiger partial charge >= 0.3 is 0 Å². The Morgan fingerprint density at radius 2 is 1.82 bits per heavy atom. The molecule has 0 radical (unpaired) electrons. The van der Waals surface area contributed by atoms with Crippen LogP contribution in [0.5, 0.6) is 5.75 Å². The zero-order chi connectivity index (χ0) is 22.9. The first-order valence-electron chi connectivity index (χ1n) is 11.5. The molecular formula is C23H29BrClN7O. The molecule has 2 aliphatic rings. The summed E-state index contributed by atoms with van der Waals surface area (Å²) in [4.78, 5) is 15.9. The monoisotopic (exact) mass is 533 g/mol. The maximum absolute atomic E-state index is 6.52. The number of likely N-dealkylation sites (tertiary alicyclic amines) is 1. The van der Waals surface area contributed by atoms with Gasteiger partial charge in [0, 0.05) is 42.5 Å². The Bertz CT molecular complexity index is 1120. The van der Waals surface area contributed by atoms with E-state index in [-0.39, 0.29) is 0 Å². The van der Waals surface area contributed by atoms with Gasteiger partial charge in [0.05, 0.1) is 12.0 Å². The normalized spacial score (nSPS) is 18.3. The summed E-state index contributed by atoms with van der Waals surface area (Å²) in [7, 11) is 2.19. The molecule has 0 amide bonds. The Labute approximate surface area is 207 Å². The highest BCUT2D eigenvalue weighted by Crippen LogP contribution is 2.35. The fourth-order valence-corrected chi connectivity index (χ4v) is 5.41. The summed E-state index contributed by atoms with van der Waals surface area (Å²) < 4.78 is 7.11. The lowest BCUT2D eigenvalue weighted by Crippen LogP contribution is -2.47. The third-order valence-corrected chi connectivity index (χ3v) is 7.61. The molecule has 0 saturated carbocycles. The van der Waals surface area contributed by atoms with Crippen LogP contribution in [-0.4, -0.2) is 78.0 Å². The number of ether oxygens (including phenoxy) is 1. The van der Waals surface area contributed by atoms with Crippen LogP contribution in [0.4, 0.5) is 11.5 Å². The van der Waals surface area contributed by atoms with Gasteiger partial charge in [-0.25, -0.2) is 9.97 Å². The van der Waals surface area contributed by atoms with Crippen molar-refractivity contribution in [1.82, 2.24) is 25.1 Å². The first kappa shape index (κ1) is 22.7. The molecule has 10 heteroatoms. The molecule has 1 aromatic carbocycles. The minimum absolute atomic E-state index is 0.610. The van der Waals surface area contributed by atoms with E-state index in [0.29, 0.717) is 11.6 Å². The van der Waals surface area contributed by atoms with Gasteiger partial charge in [0.1, 0.15) is 22.5 Å². The molecule has 2 aromatic heterocycles. The molecule has 0 spiro atoms. The van der Waals surface area contributed by atoms with Crippen LogP contribution in [0, 0.1) is 12.8 Å². The number of hydrogen-bond acceptors (Lipinski definition) is 7. The SMILES string of the molecule is Cc1c(OCC2CCN(C)CC2)cc(Cl)cc1N1CCN(c2ncnc3n[nH]c(Br)c23)CC1. The van der Waals surface area contributed by atoms with Gasteiger partial charge < -0.3 is 19.4 Å². The number of aromatic nitrogens is 4. The maximum atomic E-state index is 6.52. The van der Waals surface area contributed by atoms with Gasteiger partial charge in [-0.1, -0.05) is 11.6 Å². The number of halogens is 2. The molecule has 8 nitrogen and oxygen atoms in total. The minimum Gasteiger partial charge on any atom is -0.493 e. The van der Waals surface area contributed by atoms with Crippen LogP contribution in [-0.2, 0) is 0 Å². The number of piperidine rings is 1. The van der Waals surface area contributed by atoms with Crippen molar-refractivity contribution in [3.8, 4) is 5.75 Å². The zero-order valence-corrected chi connectivity index (χ0v) is 21.4. The van der Waals surface area contributed by atoms with E-state index in [1.807, 2.05) is 6.07 Å². The van der Waals surface area contributed by atoms with E-state index >= 15 is 0 Å². The van der Waals surface area contributed by atoms with E-state index in [1.165, 1.54) is 12.8 Å². The highest BCUT2D eigenvalue weighted by atomic mass is 79.9. The lowest BCUT2D eigenvalue weighted by molar-refractivity contribution is 0.159. The van der Waals surface area contributed by atoms with E-state index in [2.05, 4.69) is 70.8 Å². The van der Waals surface area contributed by atoms with Crippen molar-refractivity contribution in [2.75, 3.05) is 62.7 Å². The number of hydrogen-bond donors (Lipinski definition) is 1. The second kappa shape index (κ2) is 9.64. The summed E-state index contributed by atoms with van der Waals surface area (Å²) in [5.41, 5.74) is 2.98. The lowest BCUT2D eigenvalue weighted by atomic mass is 9.98. The third-order valence-electron chi connectivity index (χ3n) is 6.82. The molecule has 4 heterocycles. The molecule has 0 bridgehead atoms. The quantitative estimate of drug-likeness (QED) is 0.528. The number of anilines is 2. The fourth-order valence-electron chi connectivity index (χ4n) is 4.76. The maximum Gasteiger partial charge on any atom is 0.187 e. The van der Waals surface area contributed by atoms with Crippen LogP contribution in [0.25, 0.3) is 11.0 Å². The number of aromatic amines is 1. The smallest absolute Gasteiger partial charge is 0.187 e. The van der Waals surface area contributed by atoms with Gasteiger partial charge in [-0.05, 0) is 73.9 Å². The van der Waals surface area contributed by atoms with Crippen LogP contribution in [0.3, 0.4) is 0 Å². The average Bonchev–Trinajstić information content (AvgIpc) is 3.21. The molecule has 0 aliphatic carbocycles. The van der Waals surface area contributed by atoms with Crippen LogP contribution in [0.2, 0.25) is 5.02 Å². The summed E-state index contributed by atoms with van der Waals surface area (Å²) in [5.74, 6) is 2.42. The minimum atomic E-state index is 0.610. The number of fused-ring (bicyclic) bond motifs is 1. The van der Waals surface area contributed by atoms with Gasteiger partial charge in [0.25, 0.3) is 0 Å². The molecule has 3 aromatic rings. The number of rotatable bonds is 5. The van der Waals surface area contributed by atoms with Crippen molar-refractivity contribution in [2.24, 2.45) is 5.92 Å². The van der Waals surface area contributed by atoms with Gasteiger partial charge in [-0.2, -0.15) is 5.10 Å². The van der Waals surface area contributed by atoms with Crippen LogP contribution >= 0.6 is 27.5 Å². The molecule has 176 valence electrons. The molecule has 33 heavy (non-hydrogen) atoms. The Balaban J connectivity index is 1.28. The Morgan fingerprint density at radius 1 is 1.09 bits per heavy atom. The van der Waals surface area contributed by atoms with Crippen molar-refractivity contribution in [2.45, 2.75) is 19.8 Å². The molecule has 1 N–H and O–H groups in total. The van der Waals surface area contributed by atoms with E-state index in [1.54, 1.807) is 6.33 Å². The predicted molar refractivity (Wildman–Crippen MR) is 136 cm³/mol. The van der Waals surface area contributed by atoms with E-state index in [0.717, 1.165) is 83.7 Å². The van der Waals surface area contributed by atoms with Crippen molar-refractivity contribution in [3.63, 3.8) is 0 Å². The number of nitrogens with one attached hydrogen (secondary N) is 1. The summed E-state index contributed by atoms with van der Waals surface area (Å²) >= 11 is 10.1. The lowest BCUT2D eigenvalue weighted by Gasteiger charge is -2.38. The predicted octanol–water partition coefficient (Wildman–Crippen LogP) is 4.12. The van der Waals surface area contributed by atoms with Gasteiger partial charge in [-0.3, -0.25) is 5.10 Å². The van der Waals surface area contributed by atoms with Crippen molar-refractivity contribution < 1.29 is 4.74 Å². The summed E-state index contributed by atoms with van der Waals surface area (Å²) in [6, 6.07) is 4.02. The third kappa shape index (κ3) is 4.76. The largest absolute Gasteiger partial charge is 0.493 e.